The van der Waals surface area contributed by atoms with Crippen LogP contribution in [0.15, 0.2) is 34.6 Å². The maximum Gasteiger partial charge on any atom is 0.198 e. The van der Waals surface area contributed by atoms with Gasteiger partial charge in [0.1, 0.15) is 5.82 Å². The van der Waals surface area contributed by atoms with Gasteiger partial charge in [0.15, 0.2) is 5.43 Å². The van der Waals surface area contributed by atoms with Crippen molar-refractivity contribution in [1.82, 2.24) is 4.98 Å². The molecule has 0 bridgehead atoms. The van der Waals surface area contributed by atoms with Crippen molar-refractivity contribution in [2.24, 2.45) is 0 Å². The first kappa shape index (κ1) is 16.3. The van der Waals surface area contributed by atoms with Crippen molar-refractivity contribution < 1.29 is 0 Å². The lowest BCUT2D eigenvalue weighted by Crippen LogP contribution is -2.28. The normalized spacial score (nSPS) is 10.7. The van der Waals surface area contributed by atoms with E-state index in [0.717, 1.165) is 53.8 Å². The zero-order valence-electron chi connectivity index (χ0n) is 14.1. The molecule has 0 unspecified atom stereocenters. The summed E-state index contributed by atoms with van der Waals surface area (Å²) in [7, 11) is 0. The van der Waals surface area contributed by atoms with Gasteiger partial charge in [-0.25, -0.2) is 0 Å². The predicted octanol–water partition coefficient (Wildman–Crippen LogP) is 4.58. The number of aromatic amines is 1. The fourth-order valence-corrected chi connectivity index (χ4v) is 2.78. The van der Waals surface area contributed by atoms with E-state index in [-0.39, 0.29) is 5.43 Å². The van der Waals surface area contributed by atoms with E-state index in [4.69, 9.17) is 0 Å². The molecule has 118 valence electrons. The molecule has 0 atom stereocenters. The third kappa shape index (κ3) is 3.41. The highest BCUT2D eigenvalue weighted by atomic mass is 16.1. The monoisotopic (exact) mass is 298 g/mol. The first-order valence-corrected chi connectivity index (χ1v) is 8.13. The van der Waals surface area contributed by atoms with E-state index < -0.39 is 0 Å². The van der Waals surface area contributed by atoms with Crippen LogP contribution >= 0.6 is 0 Å². The van der Waals surface area contributed by atoms with Gasteiger partial charge in [-0.05, 0) is 44.9 Å². The highest BCUT2D eigenvalue weighted by Crippen LogP contribution is 2.22. The standard InChI is InChI=1S/C19H26N2O/c1-5-11-21(12-6-2)19-16(13-14(3)4)18(22)15-9-7-8-10-17(15)20-19/h7-10,13H,5-6,11-12H2,1-4H3,(H,20,22). The van der Waals surface area contributed by atoms with E-state index in [1.807, 2.05) is 44.2 Å². The van der Waals surface area contributed by atoms with Gasteiger partial charge in [-0.15, -0.1) is 0 Å². The van der Waals surface area contributed by atoms with Crippen LogP contribution < -0.4 is 10.3 Å². The van der Waals surface area contributed by atoms with Crippen molar-refractivity contribution in [3.05, 3.63) is 45.6 Å². The van der Waals surface area contributed by atoms with Crippen molar-refractivity contribution in [2.45, 2.75) is 40.5 Å². The lowest BCUT2D eigenvalue weighted by Gasteiger charge is -2.25. The Labute approximate surface area is 132 Å². The summed E-state index contributed by atoms with van der Waals surface area (Å²) >= 11 is 0. The molecule has 1 aromatic heterocycles. The summed E-state index contributed by atoms with van der Waals surface area (Å²) in [6.45, 7) is 10.3. The van der Waals surface area contributed by atoms with Crippen LogP contribution in [0.4, 0.5) is 5.82 Å². The fourth-order valence-electron chi connectivity index (χ4n) is 2.78. The molecule has 0 saturated heterocycles. The second kappa shape index (κ2) is 7.30. The minimum Gasteiger partial charge on any atom is -0.358 e. The summed E-state index contributed by atoms with van der Waals surface area (Å²) in [5.74, 6) is 0.952. The van der Waals surface area contributed by atoms with E-state index in [2.05, 4.69) is 23.7 Å². The Morgan fingerprint density at radius 1 is 1.14 bits per heavy atom. The van der Waals surface area contributed by atoms with Gasteiger partial charge in [0.2, 0.25) is 0 Å². The summed E-state index contributed by atoms with van der Waals surface area (Å²) in [5.41, 5.74) is 2.93. The minimum atomic E-state index is 0.114. The van der Waals surface area contributed by atoms with Crippen molar-refractivity contribution in [3.8, 4) is 0 Å². The lowest BCUT2D eigenvalue weighted by atomic mass is 10.1. The van der Waals surface area contributed by atoms with Crippen LogP contribution in [0.5, 0.6) is 0 Å². The van der Waals surface area contributed by atoms with Crippen molar-refractivity contribution in [1.29, 1.82) is 0 Å². The van der Waals surface area contributed by atoms with Gasteiger partial charge >= 0.3 is 0 Å². The van der Waals surface area contributed by atoms with Gasteiger partial charge in [0.05, 0.1) is 11.1 Å². The van der Waals surface area contributed by atoms with Crippen LogP contribution in [0.1, 0.15) is 46.1 Å². The minimum absolute atomic E-state index is 0.114. The third-order valence-electron chi connectivity index (χ3n) is 3.66. The van der Waals surface area contributed by atoms with Crippen LogP contribution in [-0.2, 0) is 0 Å². The third-order valence-corrected chi connectivity index (χ3v) is 3.66. The van der Waals surface area contributed by atoms with Crippen molar-refractivity contribution in [3.63, 3.8) is 0 Å². The SMILES string of the molecule is CCCN(CCC)c1[nH]c2ccccc2c(=O)c1C=C(C)C. The molecule has 1 heterocycles. The molecule has 2 rings (SSSR count). The van der Waals surface area contributed by atoms with Crippen LogP contribution in [0, 0.1) is 0 Å². The number of hydrogen-bond acceptors (Lipinski definition) is 2. The molecule has 0 aliphatic rings. The van der Waals surface area contributed by atoms with Crippen LogP contribution in [0.2, 0.25) is 0 Å². The van der Waals surface area contributed by atoms with Crippen LogP contribution in [-0.4, -0.2) is 18.1 Å². The molecule has 0 fully saturated rings. The topological polar surface area (TPSA) is 36.1 Å². The predicted molar refractivity (Wildman–Crippen MR) is 96.7 cm³/mol. The first-order valence-electron chi connectivity index (χ1n) is 8.13. The summed E-state index contributed by atoms with van der Waals surface area (Å²) in [5, 5.41) is 0.756. The van der Waals surface area contributed by atoms with Gasteiger partial charge < -0.3 is 9.88 Å². The highest BCUT2D eigenvalue weighted by molar-refractivity contribution is 5.85. The number of anilines is 1. The number of nitrogens with one attached hydrogen (secondary N) is 1. The average molecular weight is 298 g/mol. The Bertz CT molecular complexity index is 718. The van der Waals surface area contributed by atoms with E-state index in [1.165, 1.54) is 0 Å². The molecule has 0 aliphatic carbocycles. The molecule has 3 heteroatoms. The van der Waals surface area contributed by atoms with Gasteiger partial charge in [-0.3, -0.25) is 4.79 Å². The molecule has 1 N–H and O–H groups in total. The van der Waals surface area contributed by atoms with Crippen molar-refractivity contribution in [2.75, 3.05) is 18.0 Å². The molecule has 1 aromatic carbocycles. The van der Waals surface area contributed by atoms with E-state index in [1.54, 1.807) is 0 Å². The lowest BCUT2D eigenvalue weighted by molar-refractivity contribution is 0.735. The zero-order chi connectivity index (χ0) is 16.1. The summed E-state index contributed by atoms with van der Waals surface area (Å²) in [4.78, 5) is 18.7. The molecule has 0 aliphatic heterocycles. The zero-order valence-corrected chi connectivity index (χ0v) is 14.1. The van der Waals surface area contributed by atoms with E-state index in [0.29, 0.717) is 0 Å². The molecule has 22 heavy (non-hydrogen) atoms. The average Bonchev–Trinajstić information content (AvgIpc) is 2.49. The number of rotatable bonds is 6. The fraction of sp³-hybridized carbons (Fsp3) is 0.421. The number of allylic oxidation sites excluding steroid dienone is 1. The Hall–Kier alpha value is -2.03. The molecule has 2 aromatic rings. The maximum atomic E-state index is 12.9. The number of para-hydroxylation sites is 1. The van der Waals surface area contributed by atoms with E-state index in [9.17, 15) is 4.79 Å². The van der Waals surface area contributed by atoms with Gasteiger partial charge in [-0.2, -0.15) is 0 Å². The Morgan fingerprint density at radius 3 is 2.36 bits per heavy atom. The largest absolute Gasteiger partial charge is 0.358 e. The molecule has 0 spiro atoms. The summed E-state index contributed by atoms with van der Waals surface area (Å²) < 4.78 is 0. The number of benzene rings is 1. The second-order valence-corrected chi connectivity index (χ2v) is 5.97. The number of fused-ring (bicyclic) bond motifs is 1. The maximum absolute atomic E-state index is 12.9. The van der Waals surface area contributed by atoms with Crippen molar-refractivity contribution >= 4 is 22.8 Å². The summed E-state index contributed by atoms with van der Waals surface area (Å²) in [6, 6.07) is 7.75. The second-order valence-electron chi connectivity index (χ2n) is 5.97. The van der Waals surface area contributed by atoms with Gasteiger partial charge in [-0.1, -0.05) is 31.6 Å². The molecule has 0 amide bonds. The smallest absolute Gasteiger partial charge is 0.198 e. The highest BCUT2D eigenvalue weighted by Gasteiger charge is 2.15. The number of pyridine rings is 1. The van der Waals surface area contributed by atoms with Crippen LogP contribution in [0.25, 0.3) is 17.0 Å². The van der Waals surface area contributed by atoms with Gasteiger partial charge in [0.25, 0.3) is 0 Å². The Kier molecular flexibility index (Phi) is 5.42. The Morgan fingerprint density at radius 2 is 1.77 bits per heavy atom. The molecular weight excluding hydrogens is 272 g/mol. The molecule has 0 saturated carbocycles. The molecule has 0 radical (unpaired) electrons. The van der Waals surface area contributed by atoms with Crippen LogP contribution in [0.3, 0.4) is 0 Å². The van der Waals surface area contributed by atoms with E-state index >= 15 is 0 Å². The van der Waals surface area contributed by atoms with Gasteiger partial charge in [0, 0.05) is 18.5 Å². The molecular formula is C19H26N2O. The first-order chi connectivity index (χ1) is 10.6. The number of H-pyrrole nitrogens is 1. The number of aromatic nitrogens is 1. The quantitative estimate of drug-likeness (QED) is 0.847. The number of nitrogens with zero attached hydrogens (tertiary/aromatic N) is 1. The molecule has 3 nitrogen and oxygen atoms in total. The number of hydrogen-bond donors (Lipinski definition) is 1. The Balaban J connectivity index is 2.74. The summed E-state index contributed by atoms with van der Waals surface area (Å²) in [6.07, 6.45) is 4.12.